The first kappa shape index (κ1) is 14.8. The molecule has 0 saturated carbocycles. The van der Waals surface area contributed by atoms with Crippen LogP contribution in [0.5, 0.6) is 0 Å². The largest absolute Gasteiger partial charge is 0.376 e. The minimum Gasteiger partial charge on any atom is -0.376 e. The lowest BCUT2D eigenvalue weighted by molar-refractivity contribution is 0.0939. The number of nitrogens with zero attached hydrogens (tertiary/aromatic N) is 1. The molecule has 0 aliphatic carbocycles. The number of amides is 1. The molecule has 1 saturated heterocycles. The Morgan fingerprint density at radius 2 is 2.45 bits per heavy atom. The van der Waals surface area contributed by atoms with E-state index in [4.69, 9.17) is 4.74 Å². The Morgan fingerprint density at radius 3 is 3.15 bits per heavy atom. The highest BCUT2D eigenvalue weighted by Gasteiger charge is 2.15. The number of rotatable bonds is 6. The normalized spacial score (nSPS) is 19.6. The van der Waals surface area contributed by atoms with Crippen LogP contribution in [0.25, 0.3) is 0 Å². The van der Waals surface area contributed by atoms with E-state index in [9.17, 15) is 4.79 Å². The van der Waals surface area contributed by atoms with Gasteiger partial charge in [-0.2, -0.15) is 0 Å². The number of pyridine rings is 1. The third-order valence-electron chi connectivity index (χ3n) is 3.55. The Kier molecular flexibility index (Phi) is 5.35. The summed E-state index contributed by atoms with van der Waals surface area (Å²) in [6, 6.07) is 3.70. The summed E-state index contributed by atoms with van der Waals surface area (Å²) in [5.74, 6) is 0.666. The summed E-state index contributed by atoms with van der Waals surface area (Å²) in [7, 11) is 0. The Labute approximate surface area is 120 Å². The van der Waals surface area contributed by atoms with E-state index in [1.54, 1.807) is 18.3 Å². The van der Waals surface area contributed by atoms with E-state index in [-0.39, 0.29) is 18.1 Å². The van der Waals surface area contributed by atoms with Gasteiger partial charge in [-0.25, -0.2) is 4.98 Å². The van der Waals surface area contributed by atoms with Crippen LogP contribution in [-0.4, -0.2) is 36.2 Å². The lowest BCUT2D eigenvalue weighted by Crippen LogP contribution is -2.32. The maximum Gasteiger partial charge on any atom is 0.251 e. The zero-order valence-corrected chi connectivity index (χ0v) is 12.2. The number of ether oxygens (including phenoxy) is 1. The van der Waals surface area contributed by atoms with Crippen LogP contribution in [-0.2, 0) is 4.74 Å². The standard InChI is InChI=1S/C15H23N3O2/c1-3-11(2)18-15(19)12-6-7-16-14(9-12)17-10-13-5-4-8-20-13/h6-7,9,11,13H,3-5,8,10H2,1-2H3,(H,16,17)(H,18,19). The minimum absolute atomic E-state index is 0.0538. The van der Waals surface area contributed by atoms with Crippen molar-refractivity contribution in [1.82, 2.24) is 10.3 Å². The molecular weight excluding hydrogens is 254 g/mol. The van der Waals surface area contributed by atoms with Gasteiger partial charge in [0.25, 0.3) is 5.91 Å². The van der Waals surface area contributed by atoms with Gasteiger partial charge in [0.2, 0.25) is 0 Å². The van der Waals surface area contributed by atoms with Crippen LogP contribution in [0.15, 0.2) is 18.3 Å². The maximum atomic E-state index is 12.0. The zero-order chi connectivity index (χ0) is 14.4. The molecule has 0 bridgehead atoms. The van der Waals surface area contributed by atoms with E-state index in [0.717, 1.165) is 38.2 Å². The fraction of sp³-hybridized carbons (Fsp3) is 0.600. The molecule has 0 radical (unpaired) electrons. The third kappa shape index (κ3) is 4.20. The molecule has 1 aromatic heterocycles. The number of carbonyl (C=O) groups excluding carboxylic acids is 1. The predicted molar refractivity (Wildman–Crippen MR) is 78.9 cm³/mol. The molecule has 2 N–H and O–H groups in total. The molecule has 1 amide bonds. The Hall–Kier alpha value is -1.62. The van der Waals surface area contributed by atoms with Crippen molar-refractivity contribution in [3.63, 3.8) is 0 Å². The lowest BCUT2D eigenvalue weighted by atomic mass is 10.2. The molecule has 1 fully saturated rings. The van der Waals surface area contributed by atoms with E-state index >= 15 is 0 Å². The van der Waals surface area contributed by atoms with Gasteiger partial charge >= 0.3 is 0 Å². The zero-order valence-electron chi connectivity index (χ0n) is 12.2. The van der Waals surface area contributed by atoms with Crippen LogP contribution >= 0.6 is 0 Å². The molecule has 5 nitrogen and oxygen atoms in total. The van der Waals surface area contributed by atoms with E-state index in [1.165, 1.54) is 0 Å². The second-order valence-corrected chi connectivity index (χ2v) is 5.23. The van der Waals surface area contributed by atoms with Crippen LogP contribution in [0.4, 0.5) is 5.82 Å². The van der Waals surface area contributed by atoms with E-state index in [0.29, 0.717) is 5.56 Å². The summed E-state index contributed by atoms with van der Waals surface area (Å²) in [6.45, 7) is 5.63. The quantitative estimate of drug-likeness (QED) is 0.836. The van der Waals surface area contributed by atoms with E-state index in [1.807, 2.05) is 13.8 Å². The van der Waals surface area contributed by atoms with Crippen molar-refractivity contribution >= 4 is 11.7 Å². The van der Waals surface area contributed by atoms with Gasteiger partial charge in [0.05, 0.1) is 6.10 Å². The van der Waals surface area contributed by atoms with Crippen molar-refractivity contribution in [2.75, 3.05) is 18.5 Å². The van der Waals surface area contributed by atoms with Gasteiger partial charge in [0.15, 0.2) is 0 Å². The van der Waals surface area contributed by atoms with Crippen molar-refractivity contribution in [3.05, 3.63) is 23.9 Å². The van der Waals surface area contributed by atoms with Crippen LogP contribution < -0.4 is 10.6 Å². The first-order valence-electron chi connectivity index (χ1n) is 7.31. The molecule has 2 atom stereocenters. The molecule has 0 aromatic carbocycles. The van der Waals surface area contributed by atoms with Crippen molar-refractivity contribution in [3.8, 4) is 0 Å². The fourth-order valence-corrected chi connectivity index (χ4v) is 2.10. The number of aromatic nitrogens is 1. The second-order valence-electron chi connectivity index (χ2n) is 5.23. The first-order valence-corrected chi connectivity index (χ1v) is 7.31. The summed E-state index contributed by atoms with van der Waals surface area (Å²) in [6.07, 6.45) is 5.04. The molecule has 2 unspecified atom stereocenters. The summed E-state index contributed by atoms with van der Waals surface area (Å²) >= 11 is 0. The van der Waals surface area contributed by atoms with Crippen LogP contribution in [0.1, 0.15) is 43.5 Å². The Morgan fingerprint density at radius 1 is 1.60 bits per heavy atom. The maximum absolute atomic E-state index is 12.0. The number of anilines is 1. The topological polar surface area (TPSA) is 63.2 Å². The summed E-state index contributed by atoms with van der Waals surface area (Å²) < 4.78 is 5.55. The molecule has 2 heterocycles. The first-order chi connectivity index (χ1) is 9.69. The summed E-state index contributed by atoms with van der Waals surface area (Å²) in [4.78, 5) is 16.3. The Bertz CT molecular complexity index is 444. The van der Waals surface area contributed by atoms with Gasteiger partial charge in [-0.1, -0.05) is 6.92 Å². The lowest BCUT2D eigenvalue weighted by Gasteiger charge is -2.13. The summed E-state index contributed by atoms with van der Waals surface area (Å²) in [5.41, 5.74) is 0.634. The number of hydrogen-bond donors (Lipinski definition) is 2. The minimum atomic E-state index is -0.0538. The molecule has 5 heteroatoms. The summed E-state index contributed by atoms with van der Waals surface area (Å²) in [5, 5.41) is 6.18. The van der Waals surface area contributed by atoms with E-state index < -0.39 is 0 Å². The molecule has 1 aliphatic rings. The molecular formula is C15H23N3O2. The van der Waals surface area contributed by atoms with Crippen molar-refractivity contribution in [2.24, 2.45) is 0 Å². The molecule has 0 spiro atoms. The molecule has 1 aliphatic heterocycles. The molecule has 20 heavy (non-hydrogen) atoms. The average molecular weight is 277 g/mol. The van der Waals surface area contributed by atoms with Crippen molar-refractivity contribution < 1.29 is 9.53 Å². The Balaban J connectivity index is 1.91. The van der Waals surface area contributed by atoms with Gasteiger partial charge in [-0.05, 0) is 38.3 Å². The van der Waals surface area contributed by atoms with Gasteiger partial charge in [-0.15, -0.1) is 0 Å². The fourth-order valence-electron chi connectivity index (χ4n) is 2.10. The second kappa shape index (κ2) is 7.24. The van der Waals surface area contributed by atoms with Gasteiger partial charge < -0.3 is 15.4 Å². The van der Waals surface area contributed by atoms with Gasteiger partial charge in [0, 0.05) is 31.0 Å². The van der Waals surface area contributed by atoms with Crippen molar-refractivity contribution in [2.45, 2.75) is 45.3 Å². The monoisotopic (exact) mass is 277 g/mol. The SMILES string of the molecule is CCC(C)NC(=O)c1ccnc(NCC2CCCO2)c1. The average Bonchev–Trinajstić information content (AvgIpc) is 2.98. The number of hydrogen-bond acceptors (Lipinski definition) is 4. The highest BCUT2D eigenvalue weighted by Crippen LogP contribution is 2.13. The van der Waals surface area contributed by atoms with Crippen LogP contribution in [0, 0.1) is 0 Å². The van der Waals surface area contributed by atoms with Crippen molar-refractivity contribution in [1.29, 1.82) is 0 Å². The number of nitrogens with one attached hydrogen (secondary N) is 2. The highest BCUT2D eigenvalue weighted by molar-refractivity contribution is 5.94. The molecule has 110 valence electrons. The smallest absolute Gasteiger partial charge is 0.251 e. The predicted octanol–water partition coefficient (Wildman–Crippen LogP) is 2.20. The number of carbonyl (C=O) groups is 1. The van der Waals surface area contributed by atoms with Crippen LogP contribution in [0.2, 0.25) is 0 Å². The highest BCUT2D eigenvalue weighted by atomic mass is 16.5. The van der Waals surface area contributed by atoms with E-state index in [2.05, 4.69) is 15.6 Å². The molecule has 1 aromatic rings. The van der Waals surface area contributed by atoms with Gasteiger partial charge in [-0.3, -0.25) is 4.79 Å². The van der Waals surface area contributed by atoms with Crippen LogP contribution in [0.3, 0.4) is 0 Å². The molecule has 2 rings (SSSR count). The third-order valence-corrected chi connectivity index (χ3v) is 3.55. The van der Waals surface area contributed by atoms with Gasteiger partial charge in [0.1, 0.15) is 5.82 Å².